The Morgan fingerprint density at radius 1 is 1.00 bits per heavy atom. The van der Waals surface area contributed by atoms with E-state index in [0.29, 0.717) is 28.2 Å². The van der Waals surface area contributed by atoms with Crippen molar-refractivity contribution >= 4 is 23.7 Å². The first-order valence-electron chi connectivity index (χ1n) is 12.6. The molecule has 0 fully saturated rings. The molecular formula is C30H29FN4O5. The molecule has 0 aliphatic rings. The van der Waals surface area contributed by atoms with E-state index >= 15 is 0 Å². The van der Waals surface area contributed by atoms with E-state index in [9.17, 15) is 23.9 Å². The summed E-state index contributed by atoms with van der Waals surface area (Å²) in [4.78, 5) is 37.3. The maximum absolute atomic E-state index is 13.2. The predicted octanol–water partition coefficient (Wildman–Crippen LogP) is 5.27. The minimum Gasteiger partial charge on any atom is -0.480 e. The number of ether oxygens (including phenoxy) is 1. The topological polar surface area (TPSA) is 123 Å². The summed E-state index contributed by atoms with van der Waals surface area (Å²) in [5.41, 5.74) is 4.01. The Balaban J connectivity index is 1.47. The van der Waals surface area contributed by atoms with Crippen LogP contribution in [0.4, 0.5) is 14.9 Å². The van der Waals surface area contributed by atoms with Crippen molar-refractivity contribution in [2.75, 3.05) is 5.32 Å². The summed E-state index contributed by atoms with van der Waals surface area (Å²) in [5.74, 6) is -2.21. The van der Waals surface area contributed by atoms with Crippen LogP contribution in [0.15, 0.2) is 78.9 Å². The highest BCUT2D eigenvalue weighted by Gasteiger charge is 2.23. The Labute approximate surface area is 230 Å². The highest BCUT2D eigenvalue weighted by atomic mass is 19.1. The Morgan fingerprint density at radius 2 is 1.65 bits per heavy atom. The van der Waals surface area contributed by atoms with Crippen molar-refractivity contribution in [2.24, 2.45) is 7.05 Å². The number of aromatic nitrogens is 2. The first-order chi connectivity index (χ1) is 19.1. The number of hydrogen-bond acceptors (Lipinski definition) is 5. The average Bonchev–Trinajstić information content (AvgIpc) is 3.21. The van der Waals surface area contributed by atoms with Crippen LogP contribution in [0.5, 0.6) is 0 Å². The number of anilines is 1. The van der Waals surface area contributed by atoms with Crippen molar-refractivity contribution in [1.29, 1.82) is 0 Å². The number of carboxylic acid groups (broad SMARTS) is 1. The van der Waals surface area contributed by atoms with Crippen LogP contribution in [-0.2, 0) is 23.0 Å². The lowest BCUT2D eigenvalue weighted by molar-refractivity contribution is -0.139. The monoisotopic (exact) mass is 544 g/mol. The molecule has 206 valence electrons. The number of aliphatic carboxylic acids is 1. The molecule has 0 aliphatic heterocycles. The van der Waals surface area contributed by atoms with Crippen molar-refractivity contribution < 1.29 is 28.6 Å². The number of hydrogen-bond donors (Lipinski definition) is 3. The normalized spacial score (nSPS) is 12.3. The van der Waals surface area contributed by atoms with Gasteiger partial charge in [-0.25, -0.2) is 14.0 Å². The standard InChI is InChI=1S/C30H29FN4O5/c1-18-26(33-30(39)40-19(2)21-7-5-4-6-8-21)27(35(3)34-18)22-11-13-23(14-12-22)28(36)32-25(29(37)38)17-20-9-15-24(31)16-10-20/h4-16,19,25H,17H2,1-3H3,(H,32,36)(H,33,39)(H,37,38)/t19?,25-/m1/s1. The van der Waals surface area contributed by atoms with Gasteiger partial charge in [-0.2, -0.15) is 5.10 Å². The molecule has 0 bridgehead atoms. The second-order valence-corrected chi connectivity index (χ2v) is 9.29. The van der Waals surface area contributed by atoms with Gasteiger partial charge in [-0.1, -0.05) is 54.6 Å². The van der Waals surface area contributed by atoms with Crippen LogP contribution in [-0.4, -0.2) is 38.9 Å². The zero-order valence-electron chi connectivity index (χ0n) is 22.2. The molecule has 10 heteroatoms. The molecule has 2 atom stereocenters. The Hall–Kier alpha value is -4.99. The minimum absolute atomic E-state index is 0.00174. The third-order valence-corrected chi connectivity index (χ3v) is 6.38. The van der Waals surface area contributed by atoms with Gasteiger partial charge in [-0.15, -0.1) is 0 Å². The zero-order valence-corrected chi connectivity index (χ0v) is 22.2. The van der Waals surface area contributed by atoms with E-state index < -0.39 is 35.9 Å². The largest absolute Gasteiger partial charge is 0.480 e. The summed E-state index contributed by atoms with van der Waals surface area (Å²) in [6.45, 7) is 3.54. The van der Waals surface area contributed by atoms with Gasteiger partial charge >= 0.3 is 12.1 Å². The van der Waals surface area contributed by atoms with E-state index in [1.807, 2.05) is 30.3 Å². The molecule has 1 aromatic heterocycles. The number of benzene rings is 3. The number of aryl methyl sites for hydroxylation is 2. The van der Waals surface area contributed by atoms with Gasteiger partial charge in [0.05, 0.1) is 17.1 Å². The van der Waals surface area contributed by atoms with Gasteiger partial charge in [0.25, 0.3) is 5.91 Å². The molecule has 3 aromatic carbocycles. The summed E-state index contributed by atoms with van der Waals surface area (Å²) < 4.78 is 20.3. The molecule has 0 aliphatic carbocycles. The van der Waals surface area contributed by atoms with Crippen LogP contribution >= 0.6 is 0 Å². The number of carbonyl (C=O) groups excluding carboxylic acids is 2. The molecule has 0 saturated heterocycles. The van der Waals surface area contributed by atoms with E-state index in [1.165, 1.54) is 24.3 Å². The lowest BCUT2D eigenvalue weighted by atomic mass is 10.0. The fourth-order valence-corrected chi connectivity index (χ4v) is 4.30. The molecule has 0 spiro atoms. The van der Waals surface area contributed by atoms with Crippen molar-refractivity contribution in [3.8, 4) is 11.3 Å². The van der Waals surface area contributed by atoms with Crippen LogP contribution in [0, 0.1) is 12.7 Å². The van der Waals surface area contributed by atoms with Gasteiger partial charge in [0.15, 0.2) is 0 Å². The molecule has 9 nitrogen and oxygen atoms in total. The third kappa shape index (κ3) is 6.71. The lowest BCUT2D eigenvalue weighted by Gasteiger charge is -2.16. The maximum Gasteiger partial charge on any atom is 0.412 e. The summed E-state index contributed by atoms with van der Waals surface area (Å²) in [7, 11) is 1.74. The summed E-state index contributed by atoms with van der Waals surface area (Å²) >= 11 is 0. The van der Waals surface area contributed by atoms with Gasteiger partial charge in [0.1, 0.15) is 18.0 Å². The number of carboxylic acids is 1. The summed E-state index contributed by atoms with van der Waals surface area (Å²) in [6.07, 6.45) is -1.09. The quantitative estimate of drug-likeness (QED) is 0.264. The minimum atomic E-state index is -1.20. The molecule has 1 heterocycles. The van der Waals surface area contributed by atoms with Crippen LogP contribution in [0.1, 0.15) is 40.2 Å². The molecule has 4 aromatic rings. The first-order valence-corrected chi connectivity index (χ1v) is 12.6. The Bertz CT molecular complexity index is 1500. The number of halogens is 1. The summed E-state index contributed by atoms with van der Waals surface area (Å²) in [6, 6.07) is 20.1. The van der Waals surface area contributed by atoms with Crippen molar-refractivity contribution in [3.63, 3.8) is 0 Å². The van der Waals surface area contributed by atoms with Crippen LogP contribution in [0.25, 0.3) is 11.3 Å². The lowest BCUT2D eigenvalue weighted by Crippen LogP contribution is -2.42. The first kappa shape index (κ1) is 28.0. The summed E-state index contributed by atoms with van der Waals surface area (Å²) in [5, 5.41) is 19.3. The average molecular weight is 545 g/mol. The SMILES string of the molecule is Cc1nn(C)c(-c2ccc(C(=O)N[C@H](Cc3ccc(F)cc3)C(=O)O)cc2)c1NC(=O)OC(C)c1ccccc1. The van der Waals surface area contributed by atoms with Gasteiger partial charge in [0, 0.05) is 24.6 Å². The van der Waals surface area contributed by atoms with Crippen molar-refractivity contribution in [1.82, 2.24) is 15.1 Å². The van der Waals surface area contributed by atoms with Gasteiger partial charge < -0.3 is 15.2 Å². The fraction of sp³-hybridized carbons (Fsp3) is 0.200. The highest BCUT2D eigenvalue weighted by Crippen LogP contribution is 2.31. The number of nitrogens with zero attached hydrogens (tertiary/aromatic N) is 2. The van der Waals surface area contributed by atoms with E-state index in [1.54, 1.807) is 49.8 Å². The van der Waals surface area contributed by atoms with Crippen molar-refractivity contribution in [3.05, 3.63) is 107 Å². The molecule has 1 unspecified atom stereocenters. The van der Waals surface area contributed by atoms with Crippen LogP contribution in [0.3, 0.4) is 0 Å². The number of rotatable bonds is 9. The van der Waals surface area contributed by atoms with Gasteiger partial charge in [-0.3, -0.25) is 14.8 Å². The van der Waals surface area contributed by atoms with Gasteiger partial charge in [-0.05, 0) is 49.2 Å². The van der Waals surface area contributed by atoms with Crippen LogP contribution in [0.2, 0.25) is 0 Å². The van der Waals surface area contributed by atoms with Crippen molar-refractivity contribution in [2.45, 2.75) is 32.4 Å². The highest BCUT2D eigenvalue weighted by molar-refractivity contribution is 5.97. The zero-order chi connectivity index (χ0) is 28.8. The van der Waals surface area contributed by atoms with Crippen LogP contribution < -0.4 is 10.6 Å². The Kier molecular flexibility index (Phi) is 8.58. The molecule has 2 amide bonds. The third-order valence-electron chi connectivity index (χ3n) is 6.38. The number of amides is 2. The van der Waals surface area contributed by atoms with E-state index in [0.717, 1.165) is 5.56 Å². The molecule has 0 saturated carbocycles. The Morgan fingerprint density at radius 3 is 2.27 bits per heavy atom. The second-order valence-electron chi connectivity index (χ2n) is 9.29. The molecule has 40 heavy (non-hydrogen) atoms. The van der Waals surface area contributed by atoms with E-state index in [-0.39, 0.29) is 12.0 Å². The maximum atomic E-state index is 13.2. The molecule has 3 N–H and O–H groups in total. The number of nitrogens with one attached hydrogen (secondary N) is 2. The molecule has 0 radical (unpaired) electrons. The second kappa shape index (κ2) is 12.2. The number of carbonyl (C=O) groups is 3. The van der Waals surface area contributed by atoms with E-state index in [2.05, 4.69) is 15.7 Å². The predicted molar refractivity (Wildman–Crippen MR) is 147 cm³/mol. The molecule has 4 rings (SSSR count). The fourth-order valence-electron chi connectivity index (χ4n) is 4.30. The van der Waals surface area contributed by atoms with Gasteiger partial charge in [0.2, 0.25) is 0 Å². The van der Waals surface area contributed by atoms with E-state index in [4.69, 9.17) is 4.74 Å². The molecular weight excluding hydrogens is 515 g/mol. The smallest absolute Gasteiger partial charge is 0.412 e.